The van der Waals surface area contributed by atoms with E-state index in [9.17, 15) is 8.42 Å². The Kier molecular flexibility index (Phi) is 4.16. The molecule has 0 unspecified atom stereocenters. The second-order valence-corrected chi connectivity index (χ2v) is 8.07. The first-order chi connectivity index (χ1) is 12.9. The van der Waals surface area contributed by atoms with Crippen molar-refractivity contribution < 1.29 is 8.42 Å². The van der Waals surface area contributed by atoms with Crippen LogP contribution in [0.15, 0.2) is 71.8 Å². The van der Waals surface area contributed by atoms with Gasteiger partial charge >= 0.3 is 0 Å². The molecule has 0 aliphatic carbocycles. The maximum absolute atomic E-state index is 12.7. The zero-order valence-corrected chi connectivity index (χ0v) is 15.7. The van der Waals surface area contributed by atoms with E-state index in [1.807, 2.05) is 54.8 Å². The third-order valence-corrected chi connectivity index (χ3v) is 5.85. The Balaban J connectivity index is 1.69. The number of sulfonamides is 1. The standard InChI is InChI=1S/C20H18N4O2S/c1-14-9-10-18(12-15(14)2)27(25,26)23-17-7-5-6-16(13-17)20-22-21-19-8-3-4-11-24(19)20/h3-13,23H,1-2H3. The number of hydrogen-bond donors (Lipinski definition) is 1. The minimum absolute atomic E-state index is 0.240. The Morgan fingerprint density at radius 1 is 0.889 bits per heavy atom. The molecule has 2 aromatic heterocycles. The average Bonchev–Trinajstić information content (AvgIpc) is 3.08. The highest BCUT2D eigenvalue weighted by atomic mass is 32.2. The van der Waals surface area contributed by atoms with Crippen LogP contribution in [-0.2, 0) is 10.0 Å². The Bertz CT molecular complexity index is 1250. The van der Waals surface area contributed by atoms with Crippen LogP contribution in [0.4, 0.5) is 5.69 Å². The van der Waals surface area contributed by atoms with E-state index < -0.39 is 10.0 Å². The predicted octanol–water partition coefficient (Wildman–Crippen LogP) is 3.81. The molecular weight excluding hydrogens is 360 g/mol. The summed E-state index contributed by atoms with van der Waals surface area (Å²) in [6, 6.07) is 17.9. The topological polar surface area (TPSA) is 76.4 Å². The fourth-order valence-electron chi connectivity index (χ4n) is 2.86. The van der Waals surface area contributed by atoms with Gasteiger partial charge in [0.1, 0.15) is 0 Å². The van der Waals surface area contributed by atoms with Gasteiger partial charge in [-0.1, -0.05) is 24.3 Å². The van der Waals surface area contributed by atoms with Gasteiger partial charge in [-0.05, 0) is 61.4 Å². The summed E-state index contributed by atoms with van der Waals surface area (Å²) in [6.45, 7) is 3.84. The maximum atomic E-state index is 12.7. The van der Waals surface area contributed by atoms with E-state index in [-0.39, 0.29) is 4.90 Å². The van der Waals surface area contributed by atoms with Crippen molar-refractivity contribution in [3.63, 3.8) is 0 Å². The summed E-state index contributed by atoms with van der Waals surface area (Å²) in [7, 11) is -3.67. The van der Waals surface area contributed by atoms with Crippen LogP contribution in [0.5, 0.6) is 0 Å². The largest absolute Gasteiger partial charge is 0.282 e. The quantitative estimate of drug-likeness (QED) is 0.586. The van der Waals surface area contributed by atoms with Gasteiger partial charge in [0.25, 0.3) is 10.0 Å². The highest BCUT2D eigenvalue weighted by Crippen LogP contribution is 2.24. The van der Waals surface area contributed by atoms with Crippen LogP contribution in [0.3, 0.4) is 0 Å². The van der Waals surface area contributed by atoms with Crippen molar-refractivity contribution in [3.05, 3.63) is 78.0 Å². The lowest BCUT2D eigenvalue weighted by Crippen LogP contribution is -2.13. The second kappa shape index (κ2) is 6.51. The summed E-state index contributed by atoms with van der Waals surface area (Å²) in [5.41, 5.74) is 3.96. The first-order valence-electron chi connectivity index (χ1n) is 8.44. The molecule has 0 spiro atoms. The number of aryl methyl sites for hydroxylation is 2. The molecule has 1 N–H and O–H groups in total. The number of benzene rings is 2. The number of fused-ring (bicyclic) bond motifs is 1. The lowest BCUT2D eigenvalue weighted by atomic mass is 10.1. The van der Waals surface area contributed by atoms with E-state index in [4.69, 9.17) is 0 Å². The van der Waals surface area contributed by atoms with E-state index >= 15 is 0 Å². The van der Waals surface area contributed by atoms with E-state index in [1.54, 1.807) is 30.3 Å². The first kappa shape index (κ1) is 17.2. The molecule has 0 aliphatic rings. The monoisotopic (exact) mass is 378 g/mol. The molecule has 136 valence electrons. The zero-order valence-electron chi connectivity index (χ0n) is 14.9. The molecule has 4 aromatic rings. The molecule has 0 radical (unpaired) electrons. The third-order valence-electron chi connectivity index (χ3n) is 4.48. The molecule has 0 amide bonds. The van der Waals surface area contributed by atoms with Crippen molar-refractivity contribution in [1.82, 2.24) is 14.6 Å². The maximum Gasteiger partial charge on any atom is 0.261 e. The van der Waals surface area contributed by atoms with Gasteiger partial charge in [0.2, 0.25) is 0 Å². The third kappa shape index (κ3) is 3.29. The van der Waals surface area contributed by atoms with Crippen LogP contribution in [0, 0.1) is 13.8 Å². The first-order valence-corrected chi connectivity index (χ1v) is 9.93. The molecule has 0 bridgehead atoms. The summed E-state index contributed by atoms with van der Waals surface area (Å²) >= 11 is 0. The molecular formula is C20H18N4O2S. The van der Waals surface area contributed by atoms with Crippen LogP contribution >= 0.6 is 0 Å². The van der Waals surface area contributed by atoms with Gasteiger partial charge < -0.3 is 0 Å². The van der Waals surface area contributed by atoms with E-state index in [2.05, 4.69) is 14.9 Å². The van der Waals surface area contributed by atoms with Crippen molar-refractivity contribution in [2.45, 2.75) is 18.7 Å². The SMILES string of the molecule is Cc1ccc(S(=O)(=O)Nc2cccc(-c3nnc4ccccn34)c2)cc1C. The highest BCUT2D eigenvalue weighted by molar-refractivity contribution is 7.92. The van der Waals surface area contributed by atoms with Crippen molar-refractivity contribution >= 4 is 21.4 Å². The Hall–Kier alpha value is -3.19. The number of rotatable bonds is 4. The van der Waals surface area contributed by atoms with Gasteiger partial charge in [-0.3, -0.25) is 9.12 Å². The van der Waals surface area contributed by atoms with E-state index in [0.717, 1.165) is 22.3 Å². The van der Waals surface area contributed by atoms with Crippen molar-refractivity contribution in [2.24, 2.45) is 0 Å². The normalized spacial score (nSPS) is 11.6. The van der Waals surface area contributed by atoms with Crippen molar-refractivity contribution in [1.29, 1.82) is 0 Å². The summed E-state index contributed by atoms with van der Waals surface area (Å²) in [6.07, 6.45) is 1.87. The smallest absolute Gasteiger partial charge is 0.261 e. The van der Waals surface area contributed by atoms with Crippen molar-refractivity contribution in [2.75, 3.05) is 4.72 Å². The van der Waals surface area contributed by atoms with Crippen LogP contribution in [-0.4, -0.2) is 23.0 Å². The zero-order chi connectivity index (χ0) is 19.0. The summed E-state index contributed by atoms with van der Waals surface area (Å²) in [4.78, 5) is 0.240. The summed E-state index contributed by atoms with van der Waals surface area (Å²) in [5, 5.41) is 8.36. The minimum atomic E-state index is -3.67. The van der Waals surface area contributed by atoms with Crippen LogP contribution in [0.25, 0.3) is 17.0 Å². The van der Waals surface area contributed by atoms with Crippen molar-refractivity contribution in [3.8, 4) is 11.4 Å². The Labute approximate surface area is 157 Å². The Morgan fingerprint density at radius 3 is 2.56 bits per heavy atom. The Morgan fingerprint density at radius 2 is 1.74 bits per heavy atom. The summed E-state index contributed by atoms with van der Waals surface area (Å²) in [5.74, 6) is 0.651. The van der Waals surface area contributed by atoms with Gasteiger partial charge in [0.05, 0.1) is 4.90 Å². The predicted molar refractivity (Wildman–Crippen MR) is 105 cm³/mol. The molecule has 0 saturated heterocycles. The molecule has 4 rings (SSSR count). The summed E-state index contributed by atoms with van der Waals surface area (Å²) < 4.78 is 30.0. The van der Waals surface area contributed by atoms with E-state index in [0.29, 0.717) is 11.5 Å². The van der Waals surface area contributed by atoms with Crippen LogP contribution in [0.2, 0.25) is 0 Å². The number of aromatic nitrogens is 3. The molecule has 0 fully saturated rings. The molecule has 0 aliphatic heterocycles. The second-order valence-electron chi connectivity index (χ2n) is 6.38. The molecule has 6 nitrogen and oxygen atoms in total. The lowest BCUT2D eigenvalue weighted by molar-refractivity contribution is 0.601. The molecule has 27 heavy (non-hydrogen) atoms. The molecule has 2 heterocycles. The molecule has 2 aromatic carbocycles. The highest BCUT2D eigenvalue weighted by Gasteiger charge is 2.16. The molecule has 7 heteroatoms. The van der Waals surface area contributed by atoms with Gasteiger partial charge in [0.15, 0.2) is 11.5 Å². The van der Waals surface area contributed by atoms with Gasteiger partial charge in [-0.15, -0.1) is 10.2 Å². The van der Waals surface area contributed by atoms with Gasteiger partial charge in [0, 0.05) is 17.4 Å². The van der Waals surface area contributed by atoms with Gasteiger partial charge in [-0.2, -0.15) is 0 Å². The number of nitrogens with one attached hydrogen (secondary N) is 1. The van der Waals surface area contributed by atoms with Crippen LogP contribution < -0.4 is 4.72 Å². The number of hydrogen-bond acceptors (Lipinski definition) is 4. The van der Waals surface area contributed by atoms with E-state index in [1.165, 1.54) is 0 Å². The average molecular weight is 378 g/mol. The number of anilines is 1. The lowest BCUT2D eigenvalue weighted by Gasteiger charge is -2.10. The fraction of sp³-hybridized carbons (Fsp3) is 0.100. The minimum Gasteiger partial charge on any atom is -0.282 e. The van der Waals surface area contributed by atoms with Gasteiger partial charge in [-0.25, -0.2) is 8.42 Å². The molecule has 0 saturated carbocycles. The number of pyridine rings is 1. The fourth-order valence-corrected chi connectivity index (χ4v) is 3.99. The number of nitrogens with zero attached hydrogens (tertiary/aromatic N) is 3. The molecule has 0 atom stereocenters. The van der Waals surface area contributed by atoms with Crippen LogP contribution in [0.1, 0.15) is 11.1 Å².